The normalized spacial score (nSPS) is 20.9. The van der Waals surface area contributed by atoms with Gasteiger partial charge in [0.05, 0.1) is 6.20 Å². The molecule has 0 saturated heterocycles. The van der Waals surface area contributed by atoms with Gasteiger partial charge in [0, 0.05) is 39.9 Å². The summed E-state index contributed by atoms with van der Waals surface area (Å²) in [6, 6.07) is 0. The molecular formula is C19H36IN5. The van der Waals surface area contributed by atoms with E-state index in [1.165, 1.54) is 31.2 Å². The first-order valence-electron chi connectivity index (χ1n) is 9.55. The summed E-state index contributed by atoms with van der Waals surface area (Å²) in [5.74, 6) is 2.80. The smallest absolute Gasteiger partial charge is 0.193 e. The lowest BCUT2D eigenvalue weighted by atomic mass is 9.83. The van der Waals surface area contributed by atoms with E-state index in [2.05, 4.69) is 42.4 Å². The number of rotatable bonds is 7. The van der Waals surface area contributed by atoms with Crippen molar-refractivity contribution in [2.45, 2.75) is 52.4 Å². The van der Waals surface area contributed by atoms with Crippen molar-refractivity contribution < 1.29 is 0 Å². The average Bonchev–Trinajstić information content (AvgIpc) is 2.98. The number of hydrogen-bond acceptors (Lipinski definition) is 2. The Labute approximate surface area is 170 Å². The van der Waals surface area contributed by atoms with Crippen molar-refractivity contribution in [1.82, 2.24) is 20.0 Å². The van der Waals surface area contributed by atoms with Crippen LogP contribution in [0.1, 0.15) is 51.5 Å². The fourth-order valence-electron chi connectivity index (χ4n) is 3.52. The second kappa shape index (κ2) is 11.8. The maximum absolute atomic E-state index is 4.82. The van der Waals surface area contributed by atoms with Gasteiger partial charge in [0.15, 0.2) is 5.96 Å². The van der Waals surface area contributed by atoms with Crippen LogP contribution in [0.5, 0.6) is 0 Å². The molecule has 0 atom stereocenters. The molecule has 1 saturated carbocycles. The van der Waals surface area contributed by atoms with Gasteiger partial charge in [-0.05, 0) is 50.0 Å². The molecule has 0 amide bonds. The van der Waals surface area contributed by atoms with Gasteiger partial charge in [-0.2, -0.15) is 5.10 Å². The van der Waals surface area contributed by atoms with E-state index >= 15 is 0 Å². The third kappa shape index (κ3) is 7.96. The minimum atomic E-state index is 0. The summed E-state index contributed by atoms with van der Waals surface area (Å²) in [6.45, 7) is 7.44. The minimum absolute atomic E-state index is 0. The highest BCUT2D eigenvalue weighted by Gasteiger charge is 2.20. The van der Waals surface area contributed by atoms with E-state index in [0.717, 1.165) is 50.3 Å². The second-order valence-electron chi connectivity index (χ2n) is 7.37. The first-order chi connectivity index (χ1) is 11.6. The molecule has 1 aromatic rings. The highest BCUT2D eigenvalue weighted by atomic mass is 127. The molecule has 6 heteroatoms. The molecule has 1 aliphatic rings. The molecule has 0 aliphatic heterocycles. The Morgan fingerprint density at radius 2 is 2.08 bits per heavy atom. The highest BCUT2D eigenvalue weighted by Crippen LogP contribution is 2.28. The van der Waals surface area contributed by atoms with E-state index in [-0.39, 0.29) is 24.0 Å². The van der Waals surface area contributed by atoms with Crippen LogP contribution in [0.4, 0.5) is 0 Å². The summed E-state index contributed by atoms with van der Waals surface area (Å²) >= 11 is 0. The van der Waals surface area contributed by atoms with Crippen molar-refractivity contribution in [3.63, 3.8) is 0 Å². The molecule has 1 aromatic heterocycles. The molecule has 1 heterocycles. The van der Waals surface area contributed by atoms with Crippen LogP contribution >= 0.6 is 24.0 Å². The van der Waals surface area contributed by atoms with Crippen LogP contribution in [0, 0.1) is 11.8 Å². The van der Waals surface area contributed by atoms with Gasteiger partial charge in [-0.3, -0.25) is 9.67 Å². The topological polar surface area (TPSA) is 45.5 Å². The van der Waals surface area contributed by atoms with Crippen molar-refractivity contribution >= 4 is 29.9 Å². The second-order valence-corrected chi connectivity index (χ2v) is 7.37. The predicted molar refractivity (Wildman–Crippen MR) is 117 cm³/mol. The maximum Gasteiger partial charge on any atom is 0.193 e. The Hall–Kier alpha value is -0.790. The zero-order chi connectivity index (χ0) is 17.4. The molecule has 25 heavy (non-hydrogen) atoms. The van der Waals surface area contributed by atoms with Gasteiger partial charge in [0.2, 0.25) is 0 Å². The average molecular weight is 461 g/mol. The number of nitrogens with one attached hydrogen (secondary N) is 1. The molecule has 144 valence electrons. The van der Waals surface area contributed by atoms with E-state index in [9.17, 15) is 0 Å². The van der Waals surface area contributed by atoms with Gasteiger partial charge in [-0.1, -0.05) is 19.8 Å². The lowest BCUT2D eigenvalue weighted by Gasteiger charge is -2.31. The predicted octanol–water partition coefficient (Wildman–Crippen LogP) is 3.69. The molecule has 0 spiro atoms. The van der Waals surface area contributed by atoms with Crippen LogP contribution in [-0.2, 0) is 13.5 Å². The minimum Gasteiger partial charge on any atom is -0.357 e. The van der Waals surface area contributed by atoms with Gasteiger partial charge in [0.25, 0.3) is 0 Å². The monoisotopic (exact) mass is 461 g/mol. The fraction of sp³-hybridized carbons (Fsp3) is 0.789. The molecule has 0 radical (unpaired) electrons. The molecule has 1 fully saturated rings. The largest absolute Gasteiger partial charge is 0.357 e. The van der Waals surface area contributed by atoms with Gasteiger partial charge in [-0.25, -0.2) is 0 Å². The van der Waals surface area contributed by atoms with Crippen molar-refractivity contribution in [1.29, 1.82) is 0 Å². The number of hydrogen-bond donors (Lipinski definition) is 1. The molecule has 5 nitrogen and oxygen atoms in total. The van der Waals surface area contributed by atoms with Gasteiger partial charge < -0.3 is 10.2 Å². The van der Waals surface area contributed by atoms with Crippen LogP contribution in [0.2, 0.25) is 0 Å². The molecule has 2 rings (SSSR count). The Morgan fingerprint density at radius 1 is 1.36 bits per heavy atom. The van der Waals surface area contributed by atoms with E-state index < -0.39 is 0 Å². The van der Waals surface area contributed by atoms with Crippen LogP contribution in [0.3, 0.4) is 0 Å². The number of nitrogens with zero attached hydrogens (tertiary/aromatic N) is 4. The van der Waals surface area contributed by atoms with Gasteiger partial charge in [-0.15, -0.1) is 24.0 Å². The van der Waals surface area contributed by atoms with Gasteiger partial charge in [0.1, 0.15) is 0 Å². The van der Waals surface area contributed by atoms with Crippen LogP contribution in [0.15, 0.2) is 17.4 Å². The highest BCUT2D eigenvalue weighted by molar-refractivity contribution is 14.0. The number of aromatic nitrogens is 2. The molecule has 0 unspecified atom stereocenters. The first-order valence-corrected chi connectivity index (χ1v) is 9.55. The quantitative estimate of drug-likeness (QED) is 0.292. The third-order valence-electron chi connectivity index (χ3n) is 5.01. The van der Waals surface area contributed by atoms with E-state index in [4.69, 9.17) is 4.99 Å². The van der Waals surface area contributed by atoms with E-state index in [1.54, 1.807) is 0 Å². The summed E-state index contributed by atoms with van der Waals surface area (Å²) in [5, 5.41) is 7.66. The van der Waals surface area contributed by atoms with Crippen LogP contribution in [-0.4, -0.2) is 47.3 Å². The van der Waals surface area contributed by atoms with E-state index in [1.807, 2.05) is 17.9 Å². The van der Waals surface area contributed by atoms with Crippen molar-refractivity contribution in [3.8, 4) is 0 Å². The number of aryl methyl sites for hydroxylation is 2. The van der Waals surface area contributed by atoms with Crippen LogP contribution in [0.25, 0.3) is 0 Å². The Bertz CT molecular complexity index is 506. The summed E-state index contributed by atoms with van der Waals surface area (Å²) in [6.07, 6.45) is 11.7. The molecule has 0 aromatic carbocycles. The first kappa shape index (κ1) is 22.3. The maximum atomic E-state index is 4.82. The summed E-state index contributed by atoms with van der Waals surface area (Å²) in [5.41, 5.74) is 1.29. The zero-order valence-electron chi connectivity index (χ0n) is 16.4. The molecule has 1 N–H and O–H groups in total. The van der Waals surface area contributed by atoms with Crippen molar-refractivity contribution in [3.05, 3.63) is 18.0 Å². The van der Waals surface area contributed by atoms with Gasteiger partial charge >= 0.3 is 0 Å². The van der Waals surface area contributed by atoms with Crippen molar-refractivity contribution in [2.75, 3.05) is 26.7 Å². The summed E-state index contributed by atoms with van der Waals surface area (Å²) in [7, 11) is 4.15. The molecular weight excluding hydrogens is 425 g/mol. The number of halogens is 1. The Kier molecular flexibility index (Phi) is 10.5. The molecule has 1 aliphatic carbocycles. The Morgan fingerprint density at radius 3 is 2.68 bits per heavy atom. The number of guanidine groups is 1. The lowest BCUT2D eigenvalue weighted by Crippen LogP contribution is -2.42. The zero-order valence-corrected chi connectivity index (χ0v) is 18.7. The molecule has 0 bridgehead atoms. The van der Waals surface area contributed by atoms with E-state index in [0.29, 0.717) is 0 Å². The van der Waals surface area contributed by atoms with Crippen LogP contribution < -0.4 is 5.32 Å². The summed E-state index contributed by atoms with van der Waals surface area (Å²) < 4.78 is 1.86. The standard InChI is InChI=1S/C19H35N5.HI/c1-5-20-19(21-12-6-7-18-13-22-24(4)15-18)23(3)14-17-10-8-16(2)9-11-17;/h13,15-17H,5-12,14H2,1-4H3,(H,20,21);1H. The number of aliphatic imine (C=N–C) groups is 1. The fourth-order valence-corrected chi connectivity index (χ4v) is 3.52. The van der Waals surface area contributed by atoms with Crippen molar-refractivity contribution in [2.24, 2.45) is 23.9 Å². The third-order valence-corrected chi connectivity index (χ3v) is 5.01. The summed E-state index contributed by atoms with van der Waals surface area (Å²) in [4.78, 5) is 7.15. The SMILES string of the molecule is CCNC(=NCCCc1cnn(C)c1)N(C)CC1CCC(C)CC1.I. The lowest BCUT2D eigenvalue weighted by molar-refractivity contribution is 0.250. The Balaban J connectivity index is 0.00000312.